The van der Waals surface area contributed by atoms with E-state index in [4.69, 9.17) is 5.84 Å². The van der Waals surface area contributed by atoms with Crippen LogP contribution in [0.2, 0.25) is 0 Å². The first-order chi connectivity index (χ1) is 6.33. The number of thioether (sulfide) groups is 1. The van der Waals surface area contributed by atoms with Crippen LogP contribution in [0.1, 0.15) is 11.3 Å². The Morgan fingerprint density at radius 1 is 1.69 bits per heavy atom. The SMILES string of the molecule is NNC(=O)CCSCc1cccs1. The van der Waals surface area contributed by atoms with Crippen LogP contribution in [0.25, 0.3) is 0 Å². The Morgan fingerprint density at radius 3 is 3.15 bits per heavy atom. The van der Waals surface area contributed by atoms with Gasteiger partial charge in [0, 0.05) is 22.8 Å². The lowest BCUT2D eigenvalue weighted by molar-refractivity contribution is -0.120. The summed E-state index contributed by atoms with van der Waals surface area (Å²) >= 11 is 3.49. The fraction of sp³-hybridized carbons (Fsp3) is 0.375. The number of hydrogen-bond acceptors (Lipinski definition) is 4. The van der Waals surface area contributed by atoms with Crippen LogP contribution in [0, 0.1) is 0 Å². The number of amides is 1. The van der Waals surface area contributed by atoms with Gasteiger partial charge >= 0.3 is 0 Å². The fourth-order valence-electron chi connectivity index (χ4n) is 0.805. The van der Waals surface area contributed by atoms with Crippen molar-refractivity contribution in [3.05, 3.63) is 22.4 Å². The third kappa shape index (κ3) is 4.31. The quantitative estimate of drug-likeness (QED) is 0.338. The fourth-order valence-corrected chi connectivity index (χ4v) is 2.59. The minimum atomic E-state index is -0.0984. The summed E-state index contributed by atoms with van der Waals surface area (Å²) in [5, 5.41) is 2.06. The molecule has 1 heterocycles. The molecule has 0 saturated heterocycles. The van der Waals surface area contributed by atoms with Gasteiger partial charge in [0.05, 0.1) is 0 Å². The number of hydrogen-bond donors (Lipinski definition) is 2. The van der Waals surface area contributed by atoms with Crippen molar-refractivity contribution in [2.75, 3.05) is 5.75 Å². The molecule has 0 fully saturated rings. The van der Waals surface area contributed by atoms with Gasteiger partial charge in [-0.3, -0.25) is 10.2 Å². The molecule has 1 rings (SSSR count). The molecule has 0 bridgehead atoms. The molecule has 3 nitrogen and oxygen atoms in total. The largest absolute Gasteiger partial charge is 0.294 e. The number of nitrogens with two attached hydrogens (primary N) is 1. The summed E-state index contributed by atoms with van der Waals surface area (Å²) in [4.78, 5) is 12.1. The van der Waals surface area contributed by atoms with Crippen LogP contribution in [0.3, 0.4) is 0 Å². The predicted octanol–water partition coefficient (Wildman–Crippen LogP) is 1.36. The molecule has 72 valence electrons. The molecule has 1 amide bonds. The highest BCUT2D eigenvalue weighted by molar-refractivity contribution is 7.98. The Balaban J connectivity index is 2.05. The molecule has 0 aromatic carbocycles. The lowest BCUT2D eigenvalue weighted by Crippen LogP contribution is -2.30. The number of nitrogens with one attached hydrogen (secondary N) is 1. The van der Waals surface area contributed by atoms with Crippen molar-refractivity contribution in [1.29, 1.82) is 0 Å². The number of thiophene rings is 1. The van der Waals surface area contributed by atoms with Gasteiger partial charge in [-0.1, -0.05) is 6.07 Å². The summed E-state index contributed by atoms with van der Waals surface area (Å²) in [5.74, 6) is 6.65. The number of carbonyl (C=O) groups is 1. The Kier molecular flexibility index (Phi) is 4.88. The van der Waals surface area contributed by atoms with E-state index >= 15 is 0 Å². The summed E-state index contributed by atoms with van der Waals surface area (Å²) in [6.07, 6.45) is 0.493. The van der Waals surface area contributed by atoms with Gasteiger partial charge in [0.1, 0.15) is 0 Å². The van der Waals surface area contributed by atoms with E-state index in [1.54, 1.807) is 23.1 Å². The first-order valence-electron chi connectivity index (χ1n) is 3.92. The van der Waals surface area contributed by atoms with Gasteiger partial charge in [0.2, 0.25) is 5.91 Å². The molecule has 0 aliphatic carbocycles. The number of hydrazine groups is 1. The number of carbonyl (C=O) groups excluding carboxylic acids is 1. The molecule has 3 N–H and O–H groups in total. The second-order valence-electron chi connectivity index (χ2n) is 2.45. The van der Waals surface area contributed by atoms with Crippen molar-refractivity contribution < 1.29 is 4.79 Å². The molecule has 0 aliphatic heterocycles. The van der Waals surface area contributed by atoms with Crippen molar-refractivity contribution in [3.8, 4) is 0 Å². The first kappa shape index (κ1) is 10.6. The van der Waals surface area contributed by atoms with Gasteiger partial charge in [0.15, 0.2) is 0 Å². The van der Waals surface area contributed by atoms with Crippen LogP contribution in [0.15, 0.2) is 17.5 Å². The Hall–Kier alpha value is -0.520. The number of rotatable bonds is 5. The van der Waals surface area contributed by atoms with Gasteiger partial charge in [-0.2, -0.15) is 11.8 Å². The van der Waals surface area contributed by atoms with Crippen molar-refractivity contribution >= 4 is 29.0 Å². The highest BCUT2D eigenvalue weighted by Crippen LogP contribution is 2.17. The van der Waals surface area contributed by atoms with Crippen molar-refractivity contribution in [2.24, 2.45) is 5.84 Å². The van der Waals surface area contributed by atoms with E-state index in [2.05, 4.69) is 16.9 Å². The zero-order valence-electron chi connectivity index (χ0n) is 7.16. The molecule has 5 heteroatoms. The highest BCUT2D eigenvalue weighted by Gasteiger charge is 1.98. The summed E-state index contributed by atoms with van der Waals surface area (Å²) in [6.45, 7) is 0. The van der Waals surface area contributed by atoms with Gasteiger partial charge < -0.3 is 0 Å². The maximum Gasteiger partial charge on any atom is 0.234 e. The molecule has 0 spiro atoms. The van der Waals surface area contributed by atoms with Gasteiger partial charge in [-0.25, -0.2) is 5.84 Å². The van der Waals surface area contributed by atoms with E-state index < -0.39 is 0 Å². The first-order valence-corrected chi connectivity index (χ1v) is 5.96. The lowest BCUT2D eigenvalue weighted by Gasteiger charge is -1.98. The topological polar surface area (TPSA) is 55.1 Å². The molecule has 13 heavy (non-hydrogen) atoms. The molecule has 0 radical (unpaired) electrons. The third-order valence-electron chi connectivity index (χ3n) is 1.46. The predicted molar refractivity (Wildman–Crippen MR) is 57.4 cm³/mol. The van der Waals surface area contributed by atoms with E-state index in [0.717, 1.165) is 11.5 Å². The molecule has 1 aromatic rings. The molecular formula is C8H12N2OS2. The van der Waals surface area contributed by atoms with Crippen molar-refractivity contribution in [3.63, 3.8) is 0 Å². The standard InChI is InChI=1S/C8H12N2OS2/c9-10-8(11)3-5-12-6-7-2-1-4-13-7/h1-2,4H,3,5-6,9H2,(H,10,11). The smallest absolute Gasteiger partial charge is 0.234 e. The summed E-state index contributed by atoms with van der Waals surface area (Å²) in [5.41, 5.74) is 2.11. The summed E-state index contributed by atoms with van der Waals surface area (Å²) in [7, 11) is 0. The van der Waals surface area contributed by atoms with Crippen molar-refractivity contribution in [2.45, 2.75) is 12.2 Å². The van der Waals surface area contributed by atoms with Gasteiger partial charge in [0.25, 0.3) is 0 Å². The summed E-state index contributed by atoms with van der Waals surface area (Å²) in [6, 6.07) is 4.13. The molecule has 0 unspecified atom stereocenters. The minimum absolute atomic E-state index is 0.0984. The molecule has 0 saturated carbocycles. The van der Waals surface area contributed by atoms with E-state index in [1.807, 2.05) is 6.07 Å². The van der Waals surface area contributed by atoms with E-state index in [1.165, 1.54) is 4.88 Å². The maximum atomic E-state index is 10.7. The van der Waals surface area contributed by atoms with E-state index in [0.29, 0.717) is 6.42 Å². The molecule has 0 atom stereocenters. The average molecular weight is 216 g/mol. The van der Waals surface area contributed by atoms with Crippen LogP contribution in [-0.2, 0) is 10.5 Å². The molecule has 0 aliphatic rings. The average Bonchev–Trinajstić information content (AvgIpc) is 2.64. The van der Waals surface area contributed by atoms with Crippen LogP contribution >= 0.6 is 23.1 Å². The second kappa shape index (κ2) is 6.01. The van der Waals surface area contributed by atoms with E-state index in [9.17, 15) is 4.79 Å². The van der Waals surface area contributed by atoms with Crippen LogP contribution < -0.4 is 11.3 Å². The van der Waals surface area contributed by atoms with Gasteiger partial charge in [-0.15, -0.1) is 11.3 Å². The zero-order valence-corrected chi connectivity index (χ0v) is 8.79. The second-order valence-corrected chi connectivity index (χ2v) is 4.59. The van der Waals surface area contributed by atoms with Crippen LogP contribution in [0.4, 0.5) is 0 Å². The maximum absolute atomic E-state index is 10.7. The lowest BCUT2D eigenvalue weighted by atomic mass is 10.5. The normalized spacial score (nSPS) is 9.92. The van der Waals surface area contributed by atoms with Crippen LogP contribution in [-0.4, -0.2) is 11.7 Å². The molecule has 1 aromatic heterocycles. The zero-order chi connectivity index (χ0) is 9.52. The third-order valence-corrected chi connectivity index (χ3v) is 3.53. The van der Waals surface area contributed by atoms with Crippen molar-refractivity contribution in [1.82, 2.24) is 5.43 Å². The Bertz CT molecular complexity index is 249. The summed E-state index contributed by atoms with van der Waals surface area (Å²) < 4.78 is 0. The van der Waals surface area contributed by atoms with Crippen LogP contribution in [0.5, 0.6) is 0 Å². The minimum Gasteiger partial charge on any atom is -0.294 e. The van der Waals surface area contributed by atoms with E-state index in [-0.39, 0.29) is 5.91 Å². The Morgan fingerprint density at radius 2 is 2.54 bits per heavy atom. The highest BCUT2D eigenvalue weighted by atomic mass is 32.2. The van der Waals surface area contributed by atoms with Gasteiger partial charge in [-0.05, 0) is 11.4 Å². The monoisotopic (exact) mass is 216 g/mol. The molecular weight excluding hydrogens is 204 g/mol. The Labute approximate surface area is 85.7 Å².